The second kappa shape index (κ2) is 11.8. The number of pyridine rings is 1. The number of hydrogen-bond donors (Lipinski definition) is 1. The molecule has 2 unspecified atom stereocenters. The number of methoxy groups -OCH3 is 2. The smallest absolute Gasteiger partial charge is 0.414 e. The number of fused-ring (bicyclic) bond motifs is 1. The van der Waals surface area contributed by atoms with Crippen molar-refractivity contribution in [1.82, 2.24) is 34.5 Å². The van der Waals surface area contributed by atoms with Crippen molar-refractivity contribution in [2.75, 3.05) is 40.5 Å². The van der Waals surface area contributed by atoms with Crippen molar-refractivity contribution in [3.05, 3.63) is 36.5 Å². The van der Waals surface area contributed by atoms with Gasteiger partial charge in [0, 0.05) is 30.7 Å². The Morgan fingerprint density at radius 3 is 2.48 bits per heavy atom. The number of urea groups is 1. The van der Waals surface area contributed by atoms with Crippen LogP contribution in [0.4, 0.5) is 35.9 Å². The number of hydrogen-bond acceptors (Lipinski definition) is 8. The number of alkyl halides is 6. The summed E-state index contributed by atoms with van der Waals surface area (Å²) in [5, 5.41) is 1.60. The molecule has 42 heavy (non-hydrogen) atoms. The van der Waals surface area contributed by atoms with Gasteiger partial charge in [-0.05, 0) is 13.0 Å². The summed E-state index contributed by atoms with van der Waals surface area (Å²) in [7, 11) is 2.59. The molecule has 228 valence electrons. The number of halogens is 6. The van der Waals surface area contributed by atoms with E-state index in [9.17, 15) is 35.9 Å². The van der Waals surface area contributed by atoms with Crippen molar-refractivity contribution in [2.45, 2.75) is 31.4 Å². The molecule has 0 aromatic carbocycles. The van der Waals surface area contributed by atoms with E-state index >= 15 is 0 Å². The van der Waals surface area contributed by atoms with Gasteiger partial charge in [-0.15, -0.1) is 0 Å². The van der Waals surface area contributed by atoms with Crippen LogP contribution in [0.1, 0.15) is 18.7 Å². The van der Waals surface area contributed by atoms with Gasteiger partial charge in [-0.1, -0.05) is 0 Å². The molecule has 0 aliphatic carbocycles. The van der Waals surface area contributed by atoms with Gasteiger partial charge in [0.25, 0.3) is 5.88 Å². The van der Waals surface area contributed by atoms with Gasteiger partial charge in [-0.3, -0.25) is 4.98 Å². The number of carbonyl (C=O) groups is 2. The second-order valence-electron chi connectivity index (χ2n) is 8.94. The second-order valence-corrected chi connectivity index (χ2v) is 8.94. The van der Waals surface area contributed by atoms with Crippen molar-refractivity contribution in [2.24, 2.45) is 0 Å². The van der Waals surface area contributed by atoms with Gasteiger partial charge in [0.05, 0.1) is 44.9 Å². The van der Waals surface area contributed by atoms with Gasteiger partial charge >= 0.3 is 24.5 Å². The molecule has 12 nitrogen and oxygen atoms in total. The third kappa shape index (κ3) is 6.20. The summed E-state index contributed by atoms with van der Waals surface area (Å²) in [6.07, 6.45) is -5.84. The van der Waals surface area contributed by atoms with Crippen molar-refractivity contribution in [3.63, 3.8) is 0 Å². The first-order chi connectivity index (χ1) is 19.8. The first-order valence-corrected chi connectivity index (χ1v) is 12.3. The number of rotatable bonds is 9. The van der Waals surface area contributed by atoms with Gasteiger partial charge in [-0.25, -0.2) is 19.6 Å². The molecule has 1 N–H and O–H groups in total. The SMILES string of the molecule is CCN(C(=O)NC(CN1CCOC1=O)C(F)(F)F)C(c1cc(-c2cn3ccnc3c(OC)n2)c(OC)cn1)C(F)(F)F. The summed E-state index contributed by atoms with van der Waals surface area (Å²) < 4.78 is 102. The maximum atomic E-state index is 14.5. The van der Waals surface area contributed by atoms with E-state index in [2.05, 4.69) is 19.7 Å². The molecule has 1 saturated heterocycles. The highest BCUT2D eigenvalue weighted by atomic mass is 19.4. The fourth-order valence-electron chi connectivity index (χ4n) is 4.36. The Bertz CT molecular complexity index is 1450. The van der Waals surface area contributed by atoms with Crippen LogP contribution in [-0.4, -0.2) is 100 Å². The third-order valence-corrected chi connectivity index (χ3v) is 6.37. The molecule has 3 amide bonds. The lowest BCUT2D eigenvalue weighted by Gasteiger charge is -2.34. The van der Waals surface area contributed by atoms with E-state index in [1.54, 1.807) is 11.5 Å². The van der Waals surface area contributed by atoms with Gasteiger partial charge < -0.3 is 33.7 Å². The maximum Gasteiger partial charge on any atom is 0.414 e. The number of carbonyl (C=O) groups excluding carboxylic acids is 2. The zero-order valence-corrected chi connectivity index (χ0v) is 22.4. The van der Waals surface area contributed by atoms with Crippen molar-refractivity contribution < 1.29 is 50.1 Å². The standard InChI is InChI=1S/C24H25F6N7O5/c1-4-37(21(38)34-17(23(25,26)27)12-36-7-8-42-22(36)39)18(24(28,29)30)14-9-13(16(40-2)10-32-14)15-11-35-6-5-31-19(35)20(33-15)41-3/h5-6,9-11,17-18H,4,7-8,12H2,1-3H3,(H,34,38). The van der Waals surface area contributed by atoms with Crippen LogP contribution in [0, 0.1) is 0 Å². The highest BCUT2D eigenvalue weighted by molar-refractivity contribution is 5.76. The predicted molar refractivity (Wildman–Crippen MR) is 132 cm³/mol. The number of ether oxygens (including phenoxy) is 3. The Hall–Kier alpha value is -4.51. The molecule has 18 heteroatoms. The van der Waals surface area contributed by atoms with E-state index in [0.717, 1.165) is 12.3 Å². The fraction of sp³-hybridized carbons (Fsp3) is 0.458. The summed E-state index contributed by atoms with van der Waals surface area (Å²) in [5.74, 6) is 0.0794. The number of cyclic esters (lactones) is 1. The van der Waals surface area contributed by atoms with Gasteiger partial charge in [-0.2, -0.15) is 26.3 Å². The summed E-state index contributed by atoms with van der Waals surface area (Å²) >= 11 is 0. The third-order valence-electron chi connectivity index (χ3n) is 6.37. The van der Waals surface area contributed by atoms with Crippen LogP contribution in [0.15, 0.2) is 30.9 Å². The molecular formula is C24H25F6N7O5. The number of imidazole rings is 1. The predicted octanol–water partition coefficient (Wildman–Crippen LogP) is 3.83. The largest absolute Gasteiger partial charge is 0.494 e. The van der Waals surface area contributed by atoms with Gasteiger partial charge in [0.15, 0.2) is 11.7 Å². The average Bonchev–Trinajstić information content (AvgIpc) is 3.57. The van der Waals surface area contributed by atoms with Crippen LogP contribution in [0.5, 0.6) is 11.6 Å². The summed E-state index contributed by atoms with van der Waals surface area (Å²) in [4.78, 5) is 37.8. The lowest BCUT2D eigenvalue weighted by atomic mass is 10.1. The molecule has 0 spiro atoms. The first kappa shape index (κ1) is 30.4. The quantitative estimate of drug-likeness (QED) is 0.366. The minimum atomic E-state index is -5.17. The molecule has 4 heterocycles. The molecule has 3 aromatic rings. The minimum absolute atomic E-state index is 0.0239. The lowest BCUT2D eigenvalue weighted by molar-refractivity contribution is -0.180. The Labute approximate surface area is 234 Å². The van der Waals surface area contributed by atoms with Crippen LogP contribution >= 0.6 is 0 Å². The van der Waals surface area contributed by atoms with Crippen LogP contribution < -0.4 is 14.8 Å². The maximum absolute atomic E-state index is 14.5. The van der Waals surface area contributed by atoms with E-state index in [0.29, 0.717) is 10.5 Å². The first-order valence-electron chi connectivity index (χ1n) is 12.3. The Kier molecular flexibility index (Phi) is 8.53. The number of amides is 3. The minimum Gasteiger partial charge on any atom is -0.494 e. The summed E-state index contributed by atoms with van der Waals surface area (Å²) in [6, 6.07) is -6.12. The molecule has 0 radical (unpaired) electrons. The van der Waals surface area contributed by atoms with Crippen molar-refractivity contribution in [3.8, 4) is 22.9 Å². The molecule has 0 bridgehead atoms. The number of nitrogens with one attached hydrogen (secondary N) is 1. The molecule has 3 aromatic heterocycles. The highest BCUT2D eigenvalue weighted by Crippen LogP contribution is 2.40. The monoisotopic (exact) mass is 605 g/mol. The number of nitrogens with zero attached hydrogens (tertiary/aromatic N) is 6. The summed E-state index contributed by atoms with van der Waals surface area (Å²) in [6.45, 7) is -0.858. The fourth-order valence-corrected chi connectivity index (χ4v) is 4.36. The van der Waals surface area contributed by atoms with Crippen LogP contribution in [-0.2, 0) is 4.74 Å². The highest BCUT2D eigenvalue weighted by Gasteiger charge is 2.50. The molecule has 1 aliphatic rings. The topological polar surface area (TPSA) is 123 Å². The molecule has 4 rings (SSSR count). The molecule has 1 aliphatic heterocycles. The molecule has 2 atom stereocenters. The van der Waals surface area contributed by atoms with Gasteiger partial charge in [0.1, 0.15) is 18.4 Å². The lowest BCUT2D eigenvalue weighted by Crippen LogP contribution is -2.57. The Morgan fingerprint density at radius 2 is 1.90 bits per heavy atom. The number of aromatic nitrogens is 4. The molecule has 0 saturated carbocycles. The van der Waals surface area contributed by atoms with Crippen molar-refractivity contribution >= 4 is 17.8 Å². The van der Waals surface area contributed by atoms with E-state index in [-0.39, 0.29) is 40.9 Å². The molecular weight excluding hydrogens is 580 g/mol. The Balaban J connectivity index is 1.72. The zero-order valence-electron chi connectivity index (χ0n) is 22.4. The Morgan fingerprint density at radius 1 is 1.17 bits per heavy atom. The van der Waals surface area contributed by atoms with E-state index in [1.807, 2.05) is 0 Å². The molecule has 1 fully saturated rings. The summed E-state index contributed by atoms with van der Waals surface area (Å²) in [5.41, 5.74) is -0.255. The average molecular weight is 605 g/mol. The van der Waals surface area contributed by atoms with Crippen LogP contribution in [0.25, 0.3) is 16.9 Å². The van der Waals surface area contributed by atoms with E-state index in [1.165, 1.54) is 37.9 Å². The van der Waals surface area contributed by atoms with Crippen LogP contribution in [0.3, 0.4) is 0 Å². The van der Waals surface area contributed by atoms with Crippen LogP contribution in [0.2, 0.25) is 0 Å². The van der Waals surface area contributed by atoms with Gasteiger partial charge in [0.2, 0.25) is 0 Å². The zero-order chi connectivity index (χ0) is 30.8. The van der Waals surface area contributed by atoms with E-state index < -0.39 is 55.3 Å². The normalized spacial score (nSPS) is 15.4. The van der Waals surface area contributed by atoms with E-state index in [4.69, 9.17) is 9.47 Å². The van der Waals surface area contributed by atoms with Crippen molar-refractivity contribution in [1.29, 1.82) is 0 Å².